The van der Waals surface area contributed by atoms with Gasteiger partial charge in [-0.1, -0.05) is 52.3 Å². The molecule has 1 atom stereocenters. The SMILES string of the molecule is C=CC(Br)c1ccccc1. The highest BCUT2D eigenvalue weighted by atomic mass is 79.9. The zero-order valence-electron chi connectivity index (χ0n) is 5.63. The van der Waals surface area contributed by atoms with E-state index in [4.69, 9.17) is 0 Å². The first-order valence-electron chi connectivity index (χ1n) is 3.16. The summed E-state index contributed by atoms with van der Waals surface area (Å²) in [7, 11) is 0. The van der Waals surface area contributed by atoms with E-state index in [1.54, 1.807) is 0 Å². The minimum Gasteiger partial charge on any atom is -0.102 e. The van der Waals surface area contributed by atoms with Crippen LogP contribution in [0.4, 0.5) is 0 Å². The molecule has 0 spiro atoms. The summed E-state index contributed by atoms with van der Waals surface area (Å²) >= 11 is 3.47. The second-order valence-corrected chi connectivity index (χ2v) is 3.03. The van der Waals surface area contributed by atoms with E-state index in [2.05, 4.69) is 34.6 Å². The summed E-state index contributed by atoms with van der Waals surface area (Å²) in [5, 5.41) is 0. The Morgan fingerprint density at radius 1 is 1.30 bits per heavy atom. The van der Waals surface area contributed by atoms with Crippen LogP contribution in [0.15, 0.2) is 43.0 Å². The number of alkyl halides is 1. The van der Waals surface area contributed by atoms with Crippen molar-refractivity contribution in [1.82, 2.24) is 0 Å². The molecular formula is C9H9Br. The van der Waals surface area contributed by atoms with Gasteiger partial charge in [-0.25, -0.2) is 0 Å². The van der Waals surface area contributed by atoms with Crippen LogP contribution >= 0.6 is 15.9 Å². The van der Waals surface area contributed by atoms with Crippen LogP contribution < -0.4 is 0 Å². The summed E-state index contributed by atoms with van der Waals surface area (Å²) in [4.78, 5) is 0.286. The fourth-order valence-electron chi connectivity index (χ4n) is 0.773. The number of benzene rings is 1. The first-order chi connectivity index (χ1) is 4.84. The molecule has 10 heavy (non-hydrogen) atoms. The Labute approximate surface area is 69.7 Å². The Kier molecular flexibility index (Phi) is 2.69. The summed E-state index contributed by atoms with van der Waals surface area (Å²) in [5.41, 5.74) is 1.25. The van der Waals surface area contributed by atoms with Crippen molar-refractivity contribution in [3.05, 3.63) is 48.6 Å². The van der Waals surface area contributed by atoms with E-state index < -0.39 is 0 Å². The number of rotatable bonds is 2. The fraction of sp³-hybridized carbons (Fsp3) is 0.111. The molecule has 1 unspecified atom stereocenters. The van der Waals surface area contributed by atoms with Crippen molar-refractivity contribution >= 4 is 15.9 Å². The number of hydrogen-bond donors (Lipinski definition) is 0. The van der Waals surface area contributed by atoms with Crippen molar-refractivity contribution in [3.8, 4) is 0 Å². The van der Waals surface area contributed by atoms with Gasteiger partial charge in [-0.2, -0.15) is 0 Å². The monoisotopic (exact) mass is 196 g/mol. The standard InChI is InChI=1S/C9H9Br/c1-2-9(10)8-6-4-3-5-7-8/h2-7,9H,1H2. The van der Waals surface area contributed by atoms with Gasteiger partial charge in [-0.15, -0.1) is 6.58 Å². The predicted octanol–water partition coefficient (Wildman–Crippen LogP) is 3.31. The first kappa shape index (κ1) is 7.55. The van der Waals surface area contributed by atoms with Crippen LogP contribution in [-0.4, -0.2) is 0 Å². The maximum Gasteiger partial charge on any atom is 0.0572 e. The van der Waals surface area contributed by atoms with E-state index in [1.165, 1.54) is 5.56 Å². The maximum atomic E-state index is 3.69. The number of hydrogen-bond acceptors (Lipinski definition) is 0. The molecule has 0 aliphatic rings. The average molecular weight is 197 g/mol. The molecule has 0 bridgehead atoms. The molecule has 1 aromatic carbocycles. The van der Waals surface area contributed by atoms with Crippen molar-refractivity contribution in [1.29, 1.82) is 0 Å². The van der Waals surface area contributed by atoms with Crippen LogP contribution in [0, 0.1) is 0 Å². The van der Waals surface area contributed by atoms with Crippen molar-refractivity contribution in [2.75, 3.05) is 0 Å². The highest BCUT2D eigenvalue weighted by Gasteiger charge is 1.98. The van der Waals surface area contributed by atoms with Gasteiger partial charge in [-0.05, 0) is 5.56 Å². The molecule has 0 saturated carbocycles. The van der Waals surface area contributed by atoms with Gasteiger partial charge in [0.25, 0.3) is 0 Å². The third-order valence-corrected chi connectivity index (χ3v) is 2.23. The zero-order valence-corrected chi connectivity index (χ0v) is 7.21. The van der Waals surface area contributed by atoms with Crippen molar-refractivity contribution in [2.24, 2.45) is 0 Å². The molecule has 0 heterocycles. The van der Waals surface area contributed by atoms with Crippen LogP contribution in [0.2, 0.25) is 0 Å². The molecule has 0 aliphatic carbocycles. The molecule has 0 amide bonds. The lowest BCUT2D eigenvalue weighted by molar-refractivity contribution is 1.26. The van der Waals surface area contributed by atoms with Crippen molar-refractivity contribution in [2.45, 2.75) is 4.83 Å². The molecule has 52 valence electrons. The Balaban J connectivity index is 2.84. The van der Waals surface area contributed by atoms with Gasteiger partial charge in [0.05, 0.1) is 4.83 Å². The van der Waals surface area contributed by atoms with Gasteiger partial charge in [-0.3, -0.25) is 0 Å². The Bertz CT molecular complexity index is 203. The quantitative estimate of drug-likeness (QED) is 0.504. The molecule has 0 N–H and O–H groups in total. The van der Waals surface area contributed by atoms with Gasteiger partial charge >= 0.3 is 0 Å². The predicted molar refractivity (Wildman–Crippen MR) is 48.3 cm³/mol. The molecule has 0 saturated heterocycles. The second kappa shape index (κ2) is 3.57. The maximum absolute atomic E-state index is 3.69. The Hall–Kier alpha value is -0.560. The Morgan fingerprint density at radius 2 is 1.90 bits per heavy atom. The van der Waals surface area contributed by atoms with E-state index in [0.717, 1.165) is 0 Å². The first-order valence-corrected chi connectivity index (χ1v) is 4.07. The molecule has 1 rings (SSSR count). The van der Waals surface area contributed by atoms with Crippen molar-refractivity contribution < 1.29 is 0 Å². The summed E-state index contributed by atoms with van der Waals surface area (Å²) < 4.78 is 0. The number of allylic oxidation sites excluding steroid dienone is 1. The topological polar surface area (TPSA) is 0 Å². The van der Waals surface area contributed by atoms with Crippen LogP contribution in [0.1, 0.15) is 10.4 Å². The lowest BCUT2D eigenvalue weighted by atomic mass is 10.2. The molecular weight excluding hydrogens is 188 g/mol. The molecule has 1 aromatic rings. The molecule has 0 fully saturated rings. The third kappa shape index (κ3) is 1.71. The van der Waals surface area contributed by atoms with E-state index in [9.17, 15) is 0 Å². The summed E-state index contributed by atoms with van der Waals surface area (Å²) in [5.74, 6) is 0. The van der Waals surface area contributed by atoms with Crippen LogP contribution in [-0.2, 0) is 0 Å². The molecule has 0 aromatic heterocycles. The third-order valence-electron chi connectivity index (χ3n) is 1.32. The minimum atomic E-state index is 0.286. The van der Waals surface area contributed by atoms with Gasteiger partial charge in [0.2, 0.25) is 0 Å². The summed E-state index contributed by atoms with van der Waals surface area (Å²) in [6.45, 7) is 3.69. The van der Waals surface area contributed by atoms with E-state index in [0.29, 0.717) is 0 Å². The summed E-state index contributed by atoms with van der Waals surface area (Å²) in [6.07, 6.45) is 1.87. The van der Waals surface area contributed by atoms with Gasteiger partial charge in [0, 0.05) is 0 Å². The minimum absolute atomic E-state index is 0.286. The van der Waals surface area contributed by atoms with E-state index >= 15 is 0 Å². The van der Waals surface area contributed by atoms with E-state index in [-0.39, 0.29) is 4.83 Å². The largest absolute Gasteiger partial charge is 0.102 e. The van der Waals surface area contributed by atoms with Gasteiger partial charge < -0.3 is 0 Å². The summed E-state index contributed by atoms with van der Waals surface area (Å²) in [6, 6.07) is 10.2. The molecule has 0 aliphatic heterocycles. The fourth-order valence-corrected chi connectivity index (χ4v) is 1.08. The van der Waals surface area contributed by atoms with Gasteiger partial charge in [0.15, 0.2) is 0 Å². The molecule has 0 nitrogen and oxygen atoms in total. The highest BCUT2D eigenvalue weighted by Crippen LogP contribution is 2.22. The smallest absolute Gasteiger partial charge is 0.0572 e. The number of halogens is 1. The second-order valence-electron chi connectivity index (χ2n) is 2.05. The Morgan fingerprint density at radius 3 is 2.40 bits per heavy atom. The molecule has 1 heteroatoms. The lowest BCUT2D eigenvalue weighted by Crippen LogP contribution is -1.81. The lowest BCUT2D eigenvalue weighted by Gasteiger charge is -2.01. The van der Waals surface area contributed by atoms with Crippen molar-refractivity contribution in [3.63, 3.8) is 0 Å². The van der Waals surface area contributed by atoms with E-state index in [1.807, 2.05) is 24.3 Å². The van der Waals surface area contributed by atoms with Gasteiger partial charge in [0.1, 0.15) is 0 Å². The van der Waals surface area contributed by atoms with Crippen LogP contribution in [0.3, 0.4) is 0 Å². The zero-order chi connectivity index (χ0) is 7.40. The van der Waals surface area contributed by atoms with Crippen LogP contribution in [0.5, 0.6) is 0 Å². The van der Waals surface area contributed by atoms with Crippen LogP contribution in [0.25, 0.3) is 0 Å². The normalized spacial score (nSPS) is 12.5. The highest BCUT2D eigenvalue weighted by molar-refractivity contribution is 9.09. The molecule has 0 radical (unpaired) electrons. The average Bonchev–Trinajstić information content (AvgIpc) is 2.05.